The molecule has 2 rings (SSSR count). The van der Waals surface area contributed by atoms with Gasteiger partial charge in [0, 0.05) is 13.6 Å². The number of nitrogens with one attached hydrogen (secondary N) is 2. The van der Waals surface area contributed by atoms with Crippen LogP contribution in [0, 0.1) is 5.41 Å². The minimum absolute atomic E-state index is 0.332. The molecule has 0 spiro atoms. The molecule has 1 aliphatic carbocycles. The van der Waals surface area contributed by atoms with Crippen LogP contribution in [0.1, 0.15) is 39.0 Å². The first-order valence-electron chi connectivity index (χ1n) is 6.93. The summed E-state index contributed by atoms with van der Waals surface area (Å²) in [6.07, 6.45) is 6.44. The van der Waals surface area contributed by atoms with Crippen molar-refractivity contribution >= 4 is 11.9 Å². The predicted octanol–water partition coefficient (Wildman–Crippen LogP) is 2.30. The number of anilines is 2. The van der Waals surface area contributed by atoms with Crippen LogP contribution >= 0.6 is 0 Å². The summed E-state index contributed by atoms with van der Waals surface area (Å²) in [5.74, 6) is 1.10. The Hall–Kier alpha value is -1.59. The monoisotopic (exact) mass is 265 g/mol. The smallest absolute Gasteiger partial charge is 0.322 e. The molecule has 1 fully saturated rings. The lowest BCUT2D eigenvalue weighted by Gasteiger charge is -2.27. The van der Waals surface area contributed by atoms with Crippen LogP contribution in [0.4, 0.5) is 11.9 Å². The molecule has 0 radical (unpaired) electrons. The van der Waals surface area contributed by atoms with Gasteiger partial charge in [-0.25, -0.2) is 0 Å². The van der Waals surface area contributed by atoms with Crippen molar-refractivity contribution in [2.45, 2.75) is 39.0 Å². The molecular formula is C13H23N5O. The molecule has 0 atom stereocenters. The molecule has 106 valence electrons. The highest BCUT2D eigenvalue weighted by atomic mass is 16.5. The summed E-state index contributed by atoms with van der Waals surface area (Å²) in [4.78, 5) is 12.6. The van der Waals surface area contributed by atoms with Crippen LogP contribution in [0.25, 0.3) is 0 Å². The van der Waals surface area contributed by atoms with Gasteiger partial charge in [0.15, 0.2) is 0 Å². The van der Waals surface area contributed by atoms with Gasteiger partial charge < -0.3 is 15.4 Å². The Morgan fingerprint density at radius 3 is 2.42 bits per heavy atom. The van der Waals surface area contributed by atoms with Crippen LogP contribution < -0.4 is 15.4 Å². The fourth-order valence-corrected chi connectivity index (χ4v) is 2.69. The summed E-state index contributed by atoms with van der Waals surface area (Å²) in [5.41, 5.74) is 0.402. The average molecular weight is 265 g/mol. The van der Waals surface area contributed by atoms with Gasteiger partial charge in [-0.3, -0.25) is 0 Å². The Balaban J connectivity index is 2.06. The lowest BCUT2D eigenvalue weighted by molar-refractivity contribution is 0.306. The summed E-state index contributed by atoms with van der Waals surface area (Å²) in [6.45, 7) is 3.18. The van der Waals surface area contributed by atoms with Gasteiger partial charge in [0.2, 0.25) is 11.9 Å². The molecule has 0 amide bonds. The standard InChI is InChI=1S/C13H23N5O/c1-4-13(7-5-6-8-13)9-15-11-16-10(14-2)17-12(18-11)19-3/h4-9H2,1-3H3,(H2,14,15,16,17,18). The molecule has 1 heterocycles. The molecule has 6 nitrogen and oxygen atoms in total. The van der Waals surface area contributed by atoms with Gasteiger partial charge in [-0.15, -0.1) is 0 Å². The Morgan fingerprint density at radius 2 is 1.84 bits per heavy atom. The molecule has 0 unspecified atom stereocenters. The molecule has 1 aliphatic rings. The van der Waals surface area contributed by atoms with E-state index in [1.165, 1.54) is 32.1 Å². The van der Waals surface area contributed by atoms with E-state index < -0.39 is 0 Å². The maximum absolute atomic E-state index is 5.08. The summed E-state index contributed by atoms with van der Waals surface area (Å²) in [7, 11) is 3.34. The zero-order valence-electron chi connectivity index (χ0n) is 12.0. The first-order chi connectivity index (χ1) is 9.21. The van der Waals surface area contributed by atoms with Crippen LogP contribution in [0.5, 0.6) is 6.01 Å². The fraction of sp³-hybridized carbons (Fsp3) is 0.769. The van der Waals surface area contributed by atoms with E-state index in [0.29, 0.717) is 23.3 Å². The van der Waals surface area contributed by atoms with Crippen molar-refractivity contribution in [3.63, 3.8) is 0 Å². The minimum atomic E-state index is 0.332. The van der Waals surface area contributed by atoms with E-state index in [1.807, 2.05) is 0 Å². The third-order valence-electron chi connectivity index (χ3n) is 4.06. The Labute approximate surface area is 114 Å². The second-order valence-electron chi connectivity index (χ2n) is 5.13. The number of aromatic nitrogens is 3. The molecule has 1 saturated carbocycles. The van der Waals surface area contributed by atoms with Gasteiger partial charge in [-0.05, 0) is 24.7 Å². The van der Waals surface area contributed by atoms with E-state index in [9.17, 15) is 0 Å². The van der Waals surface area contributed by atoms with E-state index in [0.717, 1.165) is 6.54 Å². The molecule has 0 aliphatic heterocycles. The van der Waals surface area contributed by atoms with Gasteiger partial charge >= 0.3 is 6.01 Å². The number of rotatable bonds is 6. The number of nitrogens with zero attached hydrogens (tertiary/aromatic N) is 3. The van der Waals surface area contributed by atoms with Crippen molar-refractivity contribution in [1.82, 2.24) is 15.0 Å². The number of hydrogen-bond acceptors (Lipinski definition) is 6. The molecule has 2 N–H and O–H groups in total. The van der Waals surface area contributed by atoms with E-state index in [1.54, 1.807) is 14.2 Å². The largest absolute Gasteiger partial charge is 0.467 e. The number of hydrogen-bond donors (Lipinski definition) is 2. The van der Waals surface area contributed by atoms with Crippen molar-refractivity contribution in [3.8, 4) is 6.01 Å². The second kappa shape index (κ2) is 6.04. The van der Waals surface area contributed by atoms with Gasteiger partial charge in [-0.2, -0.15) is 15.0 Å². The normalized spacial score (nSPS) is 17.2. The maximum Gasteiger partial charge on any atom is 0.322 e. The molecule has 19 heavy (non-hydrogen) atoms. The minimum Gasteiger partial charge on any atom is -0.467 e. The van der Waals surface area contributed by atoms with Crippen molar-refractivity contribution in [1.29, 1.82) is 0 Å². The van der Waals surface area contributed by atoms with Crippen molar-refractivity contribution < 1.29 is 4.74 Å². The highest BCUT2D eigenvalue weighted by Crippen LogP contribution is 2.40. The molecule has 0 bridgehead atoms. The average Bonchev–Trinajstić information content (AvgIpc) is 2.94. The Bertz CT molecular complexity index is 395. The lowest BCUT2D eigenvalue weighted by Crippen LogP contribution is -2.26. The molecule has 6 heteroatoms. The molecule has 1 aromatic rings. The van der Waals surface area contributed by atoms with Crippen LogP contribution in [-0.2, 0) is 0 Å². The summed E-state index contributed by atoms with van der Waals surface area (Å²) < 4.78 is 5.08. The van der Waals surface area contributed by atoms with Crippen molar-refractivity contribution in [2.75, 3.05) is 31.3 Å². The van der Waals surface area contributed by atoms with Crippen LogP contribution in [0.3, 0.4) is 0 Å². The van der Waals surface area contributed by atoms with Gasteiger partial charge in [-0.1, -0.05) is 19.8 Å². The Morgan fingerprint density at radius 1 is 1.16 bits per heavy atom. The first kappa shape index (κ1) is 13.8. The fourth-order valence-electron chi connectivity index (χ4n) is 2.69. The Kier molecular flexibility index (Phi) is 4.39. The summed E-state index contributed by atoms with van der Waals surface area (Å²) in [6, 6.07) is 0.332. The quantitative estimate of drug-likeness (QED) is 0.822. The third kappa shape index (κ3) is 3.24. The summed E-state index contributed by atoms with van der Waals surface area (Å²) in [5, 5.41) is 6.26. The van der Waals surface area contributed by atoms with E-state index >= 15 is 0 Å². The third-order valence-corrected chi connectivity index (χ3v) is 4.06. The van der Waals surface area contributed by atoms with Crippen LogP contribution in [0.2, 0.25) is 0 Å². The van der Waals surface area contributed by atoms with Crippen molar-refractivity contribution in [3.05, 3.63) is 0 Å². The van der Waals surface area contributed by atoms with E-state index in [2.05, 4.69) is 32.5 Å². The van der Waals surface area contributed by atoms with Gasteiger partial charge in [0.25, 0.3) is 0 Å². The van der Waals surface area contributed by atoms with Crippen LogP contribution in [-0.4, -0.2) is 35.7 Å². The first-order valence-corrected chi connectivity index (χ1v) is 6.93. The zero-order valence-corrected chi connectivity index (χ0v) is 12.0. The predicted molar refractivity (Wildman–Crippen MR) is 75.6 cm³/mol. The molecule has 0 aromatic carbocycles. The molecular weight excluding hydrogens is 242 g/mol. The van der Waals surface area contributed by atoms with Crippen LogP contribution in [0.15, 0.2) is 0 Å². The van der Waals surface area contributed by atoms with Crippen molar-refractivity contribution in [2.24, 2.45) is 5.41 Å². The van der Waals surface area contributed by atoms with E-state index in [-0.39, 0.29) is 0 Å². The number of methoxy groups -OCH3 is 1. The second-order valence-corrected chi connectivity index (χ2v) is 5.13. The lowest BCUT2D eigenvalue weighted by atomic mass is 9.83. The topological polar surface area (TPSA) is 72.0 Å². The molecule has 1 aromatic heterocycles. The maximum atomic E-state index is 5.08. The number of ether oxygens (including phenoxy) is 1. The highest BCUT2D eigenvalue weighted by molar-refractivity contribution is 5.35. The molecule has 0 saturated heterocycles. The SMILES string of the molecule is CCC1(CNc2nc(NC)nc(OC)n2)CCCC1. The van der Waals surface area contributed by atoms with Gasteiger partial charge in [0.1, 0.15) is 0 Å². The highest BCUT2D eigenvalue weighted by Gasteiger charge is 2.31. The van der Waals surface area contributed by atoms with Gasteiger partial charge in [0.05, 0.1) is 7.11 Å². The van der Waals surface area contributed by atoms with E-state index in [4.69, 9.17) is 4.74 Å². The summed E-state index contributed by atoms with van der Waals surface area (Å²) >= 11 is 0. The zero-order chi connectivity index (χ0) is 13.7.